The van der Waals surface area contributed by atoms with E-state index in [9.17, 15) is 19.7 Å². The van der Waals surface area contributed by atoms with E-state index in [1.54, 1.807) is 17.0 Å². The van der Waals surface area contributed by atoms with Crippen molar-refractivity contribution in [1.82, 2.24) is 9.78 Å². The minimum absolute atomic E-state index is 0.0111. The molecule has 0 unspecified atom stereocenters. The monoisotopic (exact) mass is 488 g/mol. The Hall–Kier alpha value is -4.44. The largest absolute Gasteiger partial charge is 0.452 e. The van der Waals surface area contributed by atoms with Crippen LogP contribution in [-0.2, 0) is 9.53 Å². The molecule has 9 nitrogen and oxygen atoms in total. The number of hydrogen-bond donors (Lipinski definition) is 1. The topological polar surface area (TPSA) is 116 Å². The molecule has 1 amide bonds. The number of benzene rings is 3. The van der Waals surface area contributed by atoms with Crippen LogP contribution >= 0.6 is 11.8 Å². The maximum Gasteiger partial charge on any atom is 0.338 e. The highest BCUT2D eigenvalue weighted by atomic mass is 32.2. The molecule has 1 heterocycles. The molecule has 0 aliphatic carbocycles. The number of rotatable bonds is 8. The van der Waals surface area contributed by atoms with Gasteiger partial charge in [-0.1, -0.05) is 48.5 Å². The molecule has 4 aromatic rings. The number of nitro groups is 1. The van der Waals surface area contributed by atoms with Gasteiger partial charge in [-0.2, -0.15) is 5.10 Å². The summed E-state index contributed by atoms with van der Waals surface area (Å²) in [7, 11) is 0. The molecule has 3 aromatic carbocycles. The Morgan fingerprint density at radius 3 is 2.37 bits per heavy atom. The van der Waals surface area contributed by atoms with E-state index in [1.165, 1.54) is 23.9 Å². The van der Waals surface area contributed by atoms with E-state index >= 15 is 0 Å². The van der Waals surface area contributed by atoms with Crippen LogP contribution in [0.2, 0.25) is 0 Å². The Bertz CT molecular complexity index is 1370. The Kier molecular flexibility index (Phi) is 7.22. The fraction of sp³-hybridized carbons (Fsp3) is 0.0800. The highest BCUT2D eigenvalue weighted by Gasteiger charge is 2.19. The van der Waals surface area contributed by atoms with Gasteiger partial charge in [-0.05, 0) is 30.5 Å². The molecule has 10 heteroatoms. The second kappa shape index (κ2) is 10.7. The van der Waals surface area contributed by atoms with Gasteiger partial charge >= 0.3 is 5.97 Å². The van der Waals surface area contributed by atoms with Crippen LogP contribution in [0.3, 0.4) is 0 Å². The second-order valence-corrected chi connectivity index (χ2v) is 8.14. The van der Waals surface area contributed by atoms with Crippen LogP contribution in [0.5, 0.6) is 0 Å². The summed E-state index contributed by atoms with van der Waals surface area (Å²) in [5.74, 6) is -1.02. The normalized spacial score (nSPS) is 10.5. The van der Waals surface area contributed by atoms with E-state index in [2.05, 4.69) is 10.4 Å². The maximum absolute atomic E-state index is 12.6. The zero-order valence-corrected chi connectivity index (χ0v) is 19.4. The molecule has 1 N–H and O–H groups in total. The van der Waals surface area contributed by atoms with E-state index in [0.29, 0.717) is 16.4 Å². The van der Waals surface area contributed by atoms with Gasteiger partial charge in [0.1, 0.15) is 5.82 Å². The summed E-state index contributed by atoms with van der Waals surface area (Å²) in [6, 6.07) is 24.6. The highest BCUT2D eigenvalue weighted by molar-refractivity contribution is 7.98. The number of amides is 1. The number of anilines is 1. The Morgan fingerprint density at radius 2 is 1.71 bits per heavy atom. The number of para-hydroxylation sites is 1. The number of aromatic nitrogens is 2. The molecule has 35 heavy (non-hydrogen) atoms. The Morgan fingerprint density at radius 1 is 1.03 bits per heavy atom. The smallest absolute Gasteiger partial charge is 0.338 e. The molecule has 0 saturated heterocycles. The fourth-order valence-corrected chi connectivity index (χ4v) is 3.89. The zero-order chi connectivity index (χ0) is 24.8. The second-order valence-electron chi connectivity index (χ2n) is 7.30. The van der Waals surface area contributed by atoms with Crippen LogP contribution in [-0.4, -0.2) is 39.4 Å². The van der Waals surface area contributed by atoms with E-state index in [0.717, 1.165) is 17.3 Å². The first-order valence-electron chi connectivity index (χ1n) is 10.5. The van der Waals surface area contributed by atoms with Crippen LogP contribution in [0.1, 0.15) is 10.4 Å². The summed E-state index contributed by atoms with van der Waals surface area (Å²) in [6.45, 7) is -0.572. The molecule has 176 valence electrons. The molecule has 0 aliphatic heterocycles. The number of nitrogens with one attached hydrogen (secondary N) is 1. The van der Waals surface area contributed by atoms with Crippen molar-refractivity contribution in [1.29, 1.82) is 0 Å². The summed E-state index contributed by atoms with van der Waals surface area (Å²) in [6.07, 6.45) is 1.70. The Labute approximate surface area is 204 Å². The number of carbonyl (C=O) groups excluding carboxylic acids is 2. The van der Waals surface area contributed by atoms with Crippen LogP contribution in [0, 0.1) is 10.1 Å². The summed E-state index contributed by atoms with van der Waals surface area (Å²) in [4.78, 5) is 36.1. The van der Waals surface area contributed by atoms with Gasteiger partial charge in [0.15, 0.2) is 6.61 Å². The molecular weight excluding hydrogens is 468 g/mol. The van der Waals surface area contributed by atoms with Gasteiger partial charge in [0.2, 0.25) is 0 Å². The summed E-state index contributed by atoms with van der Waals surface area (Å²) >= 11 is 1.20. The van der Waals surface area contributed by atoms with Crippen molar-refractivity contribution in [2.75, 3.05) is 18.2 Å². The molecule has 0 spiro atoms. The van der Waals surface area contributed by atoms with Gasteiger partial charge in [0.25, 0.3) is 11.6 Å². The third kappa shape index (κ3) is 5.56. The lowest BCUT2D eigenvalue weighted by Crippen LogP contribution is -2.22. The lowest BCUT2D eigenvalue weighted by atomic mass is 10.2. The number of thioether (sulfide) groups is 1. The van der Waals surface area contributed by atoms with Gasteiger partial charge < -0.3 is 10.1 Å². The number of ether oxygens (including phenoxy) is 1. The van der Waals surface area contributed by atoms with E-state index in [-0.39, 0.29) is 11.3 Å². The van der Waals surface area contributed by atoms with Crippen LogP contribution in [0.4, 0.5) is 11.5 Å². The van der Waals surface area contributed by atoms with Crippen molar-refractivity contribution in [2.45, 2.75) is 4.90 Å². The molecule has 0 radical (unpaired) electrons. The van der Waals surface area contributed by atoms with Crippen molar-refractivity contribution in [3.8, 4) is 16.9 Å². The van der Waals surface area contributed by atoms with E-state index in [4.69, 9.17) is 4.74 Å². The number of hydrogen-bond acceptors (Lipinski definition) is 7. The van der Waals surface area contributed by atoms with Crippen molar-refractivity contribution >= 4 is 35.1 Å². The first kappa shape index (κ1) is 23.7. The van der Waals surface area contributed by atoms with Crippen LogP contribution in [0.25, 0.3) is 16.9 Å². The molecule has 0 saturated carbocycles. The lowest BCUT2D eigenvalue weighted by Gasteiger charge is -2.09. The molecule has 0 atom stereocenters. The first-order valence-corrected chi connectivity index (χ1v) is 11.7. The summed E-state index contributed by atoms with van der Waals surface area (Å²) < 4.78 is 6.69. The van der Waals surface area contributed by atoms with Gasteiger partial charge in [0, 0.05) is 17.7 Å². The van der Waals surface area contributed by atoms with Crippen LogP contribution < -0.4 is 5.32 Å². The predicted molar refractivity (Wildman–Crippen MR) is 133 cm³/mol. The molecule has 0 bridgehead atoms. The standard InChI is InChI=1S/C25H20N4O5S/c1-35-22-13-12-18(14-21(22)29(32)33)25(31)34-16-24(30)26-23-15-20(17-8-4-2-5-9-17)27-28(23)19-10-6-3-7-11-19/h2-15H,16H2,1H3,(H,26,30). The fourth-order valence-electron chi connectivity index (χ4n) is 3.34. The first-order chi connectivity index (χ1) is 17.0. The number of nitro benzene ring substituents is 1. The minimum Gasteiger partial charge on any atom is -0.452 e. The summed E-state index contributed by atoms with van der Waals surface area (Å²) in [5.41, 5.74) is 2.06. The Balaban J connectivity index is 1.50. The summed E-state index contributed by atoms with van der Waals surface area (Å²) in [5, 5.41) is 18.6. The van der Waals surface area contributed by atoms with Gasteiger partial charge in [-0.25, -0.2) is 9.48 Å². The lowest BCUT2D eigenvalue weighted by molar-refractivity contribution is -0.387. The minimum atomic E-state index is -0.836. The highest BCUT2D eigenvalue weighted by Crippen LogP contribution is 2.28. The molecule has 0 aliphatic rings. The van der Waals surface area contributed by atoms with Crippen molar-refractivity contribution < 1.29 is 19.2 Å². The van der Waals surface area contributed by atoms with Gasteiger partial charge in [-0.3, -0.25) is 14.9 Å². The van der Waals surface area contributed by atoms with Crippen LogP contribution in [0.15, 0.2) is 89.8 Å². The quantitative estimate of drug-likeness (QED) is 0.161. The van der Waals surface area contributed by atoms with Gasteiger partial charge in [0.05, 0.1) is 26.8 Å². The van der Waals surface area contributed by atoms with Crippen molar-refractivity contribution in [3.63, 3.8) is 0 Å². The number of carbonyl (C=O) groups is 2. The predicted octanol–water partition coefficient (Wildman–Crippen LogP) is 4.96. The van der Waals surface area contributed by atoms with Crippen molar-refractivity contribution in [3.05, 3.63) is 101 Å². The number of nitrogens with zero attached hydrogens (tertiary/aromatic N) is 3. The van der Waals surface area contributed by atoms with E-state index in [1.807, 2.05) is 60.7 Å². The number of esters is 1. The third-order valence-electron chi connectivity index (χ3n) is 4.99. The van der Waals surface area contributed by atoms with Crippen molar-refractivity contribution in [2.24, 2.45) is 0 Å². The maximum atomic E-state index is 12.6. The van der Waals surface area contributed by atoms with Gasteiger partial charge in [-0.15, -0.1) is 11.8 Å². The molecule has 0 fully saturated rings. The molecule has 1 aromatic heterocycles. The SMILES string of the molecule is CSc1ccc(C(=O)OCC(=O)Nc2cc(-c3ccccc3)nn2-c2ccccc2)cc1[N+](=O)[O-]. The van der Waals surface area contributed by atoms with E-state index < -0.39 is 23.4 Å². The average Bonchev–Trinajstić information content (AvgIpc) is 3.31. The average molecular weight is 489 g/mol. The molecular formula is C25H20N4O5S. The molecule has 4 rings (SSSR count). The zero-order valence-electron chi connectivity index (χ0n) is 18.6. The third-order valence-corrected chi connectivity index (χ3v) is 5.78.